The highest BCUT2D eigenvalue weighted by molar-refractivity contribution is 8.14. The molecule has 1 fully saturated rings. The lowest BCUT2D eigenvalue weighted by Crippen LogP contribution is -2.59. The van der Waals surface area contributed by atoms with Crippen molar-refractivity contribution in [2.45, 2.75) is 141 Å². The molecule has 18 nitrogen and oxygen atoms in total. The van der Waals surface area contributed by atoms with E-state index in [1.165, 1.54) is 40.4 Å². The van der Waals surface area contributed by atoms with Crippen LogP contribution in [0.5, 0.6) is 0 Å². The maximum atomic E-state index is 15.0. The molecule has 0 unspecified atom stereocenters. The number of ether oxygens (including phenoxy) is 1. The van der Waals surface area contributed by atoms with Gasteiger partial charge in [0.2, 0.25) is 35.4 Å². The van der Waals surface area contributed by atoms with Gasteiger partial charge in [-0.15, -0.1) is 23.5 Å². The number of likely N-dealkylation sites (N-methyl/N-ethyl adjacent to an activating group) is 3. The van der Waals surface area contributed by atoms with Crippen LogP contribution >= 0.6 is 23.5 Å². The Bertz CT molecular complexity index is 2750. The van der Waals surface area contributed by atoms with Gasteiger partial charge >= 0.3 is 5.97 Å². The molecule has 3 aromatic rings. The molecule has 1 saturated heterocycles. The van der Waals surface area contributed by atoms with Crippen LogP contribution in [0.4, 0.5) is 0 Å². The summed E-state index contributed by atoms with van der Waals surface area (Å²) in [6, 6.07) is 20.3. The van der Waals surface area contributed by atoms with Crippen molar-refractivity contribution >= 4 is 80.9 Å². The van der Waals surface area contributed by atoms with Crippen LogP contribution in [-0.2, 0) is 62.4 Å². The van der Waals surface area contributed by atoms with Crippen LogP contribution in [0.2, 0.25) is 0 Å². The van der Waals surface area contributed by atoms with Crippen LogP contribution in [0.15, 0.2) is 101 Å². The minimum absolute atomic E-state index is 0.0142. The summed E-state index contributed by atoms with van der Waals surface area (Å²) in [6.07, 6.45) is 0.0630. The molecule has 0 saturated carbocycles. The highest BCUT2D eigenvalue weighted by Crippen LogP contribution is 2.30. The summed E-state index contributed by atoms with van der Waals surface area (Å²) in [6.45, 7) is 12.5. The third kappa shape index (κ3) is 14.6. The maximum Gasteiger partial charge on any atom is 0.311 e. The Labute approximate surface area is 473 Å². The van der Waals surface area contributed by atoms with Crippen molar-refractivity contribution in [1.29, 1.82) is 0 Å². The van der Waals surface area contributed by atoms with Gasteiger partial charge in [0.05, 0.1) is 28.1 Å². The van der Waals surface area contributed by atoms with Crippen molar-refractivity contribution in [1.82, 2.24) is 35.6 Å². The molecule has 11 atom stereocenters. The minimum Gasteiger partial charge on any atom is -0.452 e. The van der Waals surface area contributed by atoms with Gasteiger partial charge in [-0.2, -0.15) is 0 Å². The molecule has 0 spiro atoms. The van der Waals surface area contributed by atoms with Gasteiger partial charge in [0.1, 0.15) is 36.3 Å². The topological polar surface area (TPSA) is 220 Å². The summed E-state index contributed by atoms with van der Waals surface area (Å²) >= 11 is 2.75. The summed E-state index contributed by atoms with van der Waals surface area (Å²) in [5.74, 6) is -5.26. The molecule has 0 aliphatic carbocycles. The van der Waals surface area contributed by atoms with E-state index in [2.05, 4.69) is 16.0 Å². The Morgan fingerprint density at radius 1 is 0.570 bits per heavy atom. The Morgan fingerprint density at radius 3 is 1.68 bits per heavy atom. The molecule has 4 heterocycles. The van der Waals surface area contributed by atoms with Crippen molar-refractivity contribution < 1.29 is 43.1 Å². The van der Waals surface area contributed by atoms with Crippen molar-refractivity contribution in [2.75, 3.05) is 39.2 Å². The summed E-state index contributed by atoms with van der Waals surface area (Å²) in [5.41, 5.74) is 2.43. The normalized spacial score (nSPS) is 28.7. The van der Waals surface area contributed by atoms with Crippen LogP contribution in [0, 0.1) is 17.8 Å². The zero-order valence-electron chi connectivity index (χ0n) is 47.0. The number of aliphatic imine (C=N–C) groups is 2. The van der Waals surface area contributed by atoms with Crippen LogP contribution < -0.4 is 16.0 Å². The molecule has 7 amide bonds. The van der Waals surface area contributed by atoms with Crippen LogP contribution in [0.1, 0.15) is 78.0 Å². The number of benzene rings is 3. The maximum absolute atomic E-state index is 15.0. The molecule has 3 N–H and O–H groups in total. The first kappa shape index (κ1) is 60.1. The van der Waals surface area contributed by atoms with Gasteiger partial charge in [-0.25, -0.2) is 0 Å². The second-order valence-corrected chi connectivity index (χ2v) is 24.0. The van der Waals surface area contributed by atoms with Gasteiger partial charge in [-0.05, 0) is 68.6 Å². The number of hydrogen-bond acceptors (Lipinski definition) is 13. The van der Waals surface area contributed by atoms with Crippen molar-refractivity contribution in [3.8, 4) is 0 Å². The molecule has 4 bridgehead atoms. The number of carbonyl (C=O) groups excluding carboxylic acids is 8. The summed E-state index contributed by atoms with van der Waals surface area (Å²) in [4.78, 5) is 132. The second kappa shape index (κ2) is 27.1. The fourth-order valence-corrected chi connectivity index (χ4v) is 12.7. The molecular formula is C59H77N9O9S2. The summed E-state index contributed by atoms with van der Waals surface area (Å²) in [5, 5.41) is 10.0. The average molecular weight is 1120 g/mol. The summed E-state index contributed by atoms with van der Waals surface area (Å²) < 4.78 is 6.12. The van der Waals surface area contributed by atoms with Gasteiger partial charge in [0, 0.05) is 58.1 Å². The molecule has 20 heteroatoms. The number of nitrogens with zero attached hydrogens (tertiary/aromatic N) is 6. The number of hydrogen-bond donors (Lipinski definition) is 3. The van der Waals surface area contributed by atoms with Crippen LogP contribution in [0.3, 0.4) is 0 Å². The first-order chi connectivity index (χ1) is 37.6. The zero-order valence-corrected chi connectivity index (χ0v) is 48.6. The third-order valence-corrected chi connectivity index (χ3v) is 17.8. The number of amides is 7. The lowest BCUT2D eigenvalue weighted by Gasteiger charge is -2.38. The highest BCUT2D eigenvalue weighted by atomic mass is 32.2. The van der Waals surface area contributed by atoms with Crippen LogP contribution in [-0.4, -0.2) is 177 Å². The molecule has 0 aromatic heterocycles. The van der Waals surface area contributed by atoms with Crippen LogP contribution in [0.25, 0.3) is 0 Å². The van der Waals surface area contributed by atoms with E-state index >= 15 is 4.79 Å². The van der Waals surface area contributed by atoms with E-state index in [4.69, 9.17) is 14.7 Å². The Hall–Kier alpha value is -6.54. The largest absolute Gasteiger partial charge is 0.452 e. The van der Waals surface area contributed by atoms with E-state index in [0.29, 0.717) is 40.7 Å². The molecule has 3 aromatic carbocycles. The number of fused-ring (bicyclic) bond motifs is 3. The van der Waals surface area contributed by atoms with E-state index < -0.39 is 114 Å². The second-order valence-electron chi connectivity index (χ2n) is 21.9. The lowest BCUT2D eigenvalue weighted by molar-refractivity contribution is -0.166. The highest BCUT2D eigenvalue weighted by Gasteiger charge is 2.45. The Balaban J connectivity index is 1.24. The van der Waals surface area contributed by atoms with E-state index in [1.807, 2.05) is 105 Å². The molecule has 4 aliphatic heterocycles. The molecular weight excluding hydrogens is 1040 g/mol. The predicted molar refractivity (Wildman–Crippen MR) is 308 cm³/mol. The fourth-order valence-electron chi connectivity index (χ4n) is 10.5. The monoisotopic (exact) mass is 1120 g/mol. The quantitative estimate of drug-likeness (QED) is 0.265. The molecule has 424 valence electrons. The SMILES string of the molecule is CC(C)[C@H]1C(=O)N2CCC[C@H]2C(=O)N(C)[C@H](Cc2ccccc2)C2=N[C@@H](CS2)C(=O)N[C@H](C)C2=N[C@@H](CS2)C(=O)N(C)[C@H](Cc2ccccc2)C(=O)N[C@H](C(C)C)C(=O)N[C@H](C)[C@@H](C)C(=O)O[C@@H](Cc2ccccc2)C(=O)N1C. The first-order valence-electron chi connectivity index (χ1n) is 27.4. The average Bonchev–Trinajstić information content (AvgIpc) is 4.27. The van der Waals surface area contributed by atoms with Gasteiger partial charge in [-0.1, -0.05) is 119 Å². The van der Waals surface area contributed by atoms with Gasteiger partial charge in [0.25, 0.3) is 5.91 Å². The molecule has 79 heavy (non-hydrogen) atoms. The van der Waals surface area contributed by atoms with Gasteiger partial charge in [-0.3, -0.25) is 48.3 Å². The smallest absolute Gasteiger partial charge is 0.311 e. The number of cyclic esters (lactones) is 1. The molecule has 4 aliphatic rings. The molecule has 7 rings (SSSR count). The van der Waals surface area contributed by atoms with E-state index in [-0.39, 0.29) is 37.0 Å². The number of rotatable bonds is 8. The van der Waals surface area contributed by atoms with Gasteiger partial charge < -0.3 is 40.3 Å². The number of esters is 1. The Morgan fingerprint density at radius 2 is 1.10 bits per heavy atom. The first-order valence-corrected chi connectivity index (χ1v) is 29.4. The predicted octanol–water partition coefficient (Wildman–Crippen LogP) is 4.58. The van der Waals surface area contributed by atoms with Crippen molar-refractivity contribution in [3.05, 3.63) is 108 Å². The minimum atomic E-state index is -1.38. The van der Waals surface area contributed by atoms with E-state index in [9.17, 15) is 33.6 Å². The lowest BCUT2D eigenvalue weighted by atomic mass is 9.98. The van der Waals surface area contributed by atoms with E-state index in [1.54, 1.807) is 58.5 Å². The van der Waals surface area contributed by atoms with Gasteiger partial charge in [0.15, 0.2) is 6.10 Å². The summed E-state index contributed by atoms with van der Waals surface area (Å²) in [7, 11) is 4.76. The third-order valence-electron chi connectivity index (χ3n) is 15.4. The number of nitrogens with one attached hydrogen (secondary N) is 3. The number of carbonyl (C=O) groups is 8. The number of thioether (sulfide) groups is 2. The van der Waals surface area contributed by atoms with Crippen molar-refractivity contribution in [2.24, 2.45) is 27.7 Å². The molecule has 0 radical (unpaired) electrons. The zero-order chi connectivity index (χ0) is 57.2. The van der Waals surface area contributed by atoms with Crippen molar-refractivity contribution in [3.63, 3.8) is 0 Å². The standard InChI is InChI=1S/C59H77N9O9S2/c1-34(2)48-52(71)60-37(6)36(5)59(76)77-47(31-41-25-18-13-19-26-41)57(74)67(10)49(35(3)4)58(75)68-28-20-27-44(68)56(73)66(9)46(30-40-23-16-12-17-24-40)54-62-42(32-79-54)50(69)61-38(7)53-63-43(33-78-53)55(72)65(8)45(51(70)64-48)29-39-21-14-11-15-22-39/h11-19,21-26,34-38,42-49H,20,27-33H2,1-10H3,(H,60,71)(H,61,69)(H,64,70)/t36-,37-,38-,42+,43+,44+,45-,46-,47+,48-,49+/m1/s1. The van der Waals surface area contributed by atoms with E-state index in [0.717, 1.165) is 11.1 Å². The fraction of sp³-hybridized carbons (Fsp3) is 0.525. The Kier molecular flexibility index (Phi) is 20.6.